The van der Waals surface area contributed by atoms with Crippen LogP contribution in [0.3, 0.4) is 0 Å². The summed E-state index contributed by atoms with van der Waals surface area (Å²) in [5.41, 5.74) is 2.60. The van der Waals surface area contributed by atoms with Gasteiger partial charge in [-0.25, -0.2) is 9.59 Å². The largest absolute Gasteiger partial charge is 0.573 e. The van der Waals surface area contributed by atoms with Gasteiger partial charge in [0.05, 0.1) is 12.6 Å². The molecule has 0 radical (unpaired) electrons. The minimum absolute atomic E-state index is 0.0529. The number of carboxylic acid groups (broad SMARTS) is 1. The Morgan fingerprint density at radius 1 is 1.00 bits per heavy atom. The number of aliphatic hydroxyl groups excluding tert-OH is 1. The van der Waals surface area contributed by atoms with Gasteiger partial charge >= 0.3 is 18.4 Å². The number of carbonyl (C=O) groups excluding carboxylic acids is 2. The van der Waals surface area contributed by atoms with E-state index in [1.807, 2.05) is 4.90 Å². The molecule has 0 bridgehead atoms. The van der Waals surface area contributed by atoms with Crippen LogP contribution in [0.25, 0.3) is 0 Å². The van der Waals surface area contributed by atoms with Crippen LogP contribution in [0.4, 0.5) is 23.7 Å². The summed E-state index contributed by atoms with van der Waals surface area (Å²) in [6, 6.07) is 9.49. The Balaban J connectivity index is 1.54. The van der Waals surface area contributed by atoms with E-state index in [4.69, 9.17) is 5.11 Å². The zero-order valence-electron chi connectivity index (χ0n) is 24.4. The van der Waals surface area contributed by atoms with Gasteiger partial charge in [-0.15, -0.1) is 13.2 Å². The number of halogens is 3. The Kier molecular flexibility index (Phi) is 9.58. The van der Waals surface area contributed by atoms with Crippen molar-refractivity contribution in [3.63, 3.8) is 0 Å². The highest BCUT2D eigenvalue weighted by atomic mass is 19.4. The molecule has 2 aliphatic carbocycles. The molecule has 2 aliphatic rings. The first-order valence-corrected chi connectivity index (χ1v) is 14.4. The van der Waals surface area contributed by atoms with Crippen LogP contribution in [0, 0.1) is 11.3 Å². The first-order valence-electron chi connectivity index (χ1n) is 14.4. The molecule has 4 rings (SSSR count). The molecule has 1 saturated carbocycles. The van der Waals surface area contributed by atoms with E-state index in [0.29, 0.717) is 30.0 Å². The number of hydrogen-bond donors (Lipinski definition) is 4. The number of fused-ring (bicyclic) bond motifs is 1. The monoisotopic (exact) mass is 605 g/mol. The number of rotatable bonds is 8. The van der Waals surface area contributed by atoms with Crippen molar-refractivity contribution in [2.45, 2.75) is 83.8 Å². The predicted octanol–water partition coefficient (Wildman–Crippen LogP) is 5.89. The maximum absolute atomic E-state index is 13.8. The summed E-state index contributed by atoms with van der Waals surface area (Å²) in [5.74, 6) is -1.81. The second-order valence-electron chi connectivity index (χ2n) is 12.3. The summed E-state index contributed by atoms with van der Waals surface area (Å²) in [5, 5.41) is 23.6. The lowest BCUT2D eigenvalue weighted by atomic mass is 9.71. The van der Waals surface area contributed by atoms with E-state index in [1.54, 1.807) is 18.2 Å². The van der Waals surface area contributed by atoms with Crippen molar-refractivity contribution in [3.8, 4) is 5.75 Å². The van der Waals surface area contributed by atoms with Gasteiger partial charge in [-0.05, 0) is 97.4 Å². The number of nitrogens with zero attached hydrogens (tertiary/aromatic N) is 1. The first-order chi connectivity index (χ1) is 20.1. The number of hydrogen-bond acceptors (Lipinski definition) is 5. The molecule has 4 N–H and O–H groups in total. The fourth-order valence-electron chi connectivity index (χ4n) is 6.11. The van der Waals surface area contributed by atoms with Crippen molar-refractivity contribution in [2.75, 3.05) is 11.9 Å². The summed E-state index contributed by atoms with van der Waals surface area (Å²) in [6.45, 7) is 6.23. The van der Waals surface area contributed by atoms with Gasteiger partial charge in [-0.1, -0.05) is 26.8 Å². The fraction of sp³-hybridized carbons (Fsp3) is 0.516. The van der Waals surface area contributed by atoms with Crippen LogP contribution in [0.5, 0.6) is 5.75 Å². The van der Waals surface area contributed by atoms with Crippen LogP contribution < -0.4 is 15.4 Å². The van der Waals surface area contributed by atoms with Gasteiger partial charge in [0.15, 0.2) is 6.10 Å². The second-order valence-corrected chi connectivity index (χ2v) is 12.3. The van der Waals surface area contributed by atoms with Gasteiger partial charge in [0.2, 0.25) is 0 Å². The number of anilines is 1. The number of benzene rings is 2. The smallest absolute Gasteiger partial charge is 0.479 e. The molecule has 43 heavy (non-hydrogen) atoms. The van der Waals surface area contributed by atoms with Gasteiger partial charge in [0.1, 0.15) is 5.75 Å². The molecule has 0 aliphatic heterocycles. The molecule has 2 atom stereocenters. The Bertz CT molecular complexity index is 1320. The highest BCUT2D eigenvalue weighted by Crippen LogP contribution is 2.44. The third-order valence-electron chi connectivity index (χ3n) is 8.42. The molecule has 0 spiro atoms. The van der Waals surface area contributed by atoms with Gasteiger partial charge in [-0.3, -0.25) is 4.79 Å². The molecular weight excluding hydrogens is 567 g/mol. The SMILES string of the molecule is CC(C)(C)[C@H]1CC[C@H](N(C(=O)Nc2ccc(OC(F)(F)F)cc2)C2CCc3cc(C(=O)NC[C@@H](O)C(=O)O)ccc32)CC1. The topological polar surface area (TPSA) is 128 Å². The highest BCUT2D eigenvalue weighted by Gasteiger charge is 2.39. The number of aliphatic hydroxyl groups is 1. The van der Waals surface area contributed by atoms with Crippen molar-refractivity contribution < 1.29 is 42.5 Å². The summed E-state index contributed by atoms with van der Waals surface area (Å²) in [6.07, 6.45) is -1.74. The summed E-state index contributed by atoms with van der Waals surface area (Å²) in [4.78, 5) is 39.1. The maximum atomic E-state index is 13.8. The minimum Gasteiger partial charge on any atom is -0.479 e. The Morgan fingerprint density at radius 2 is 1.65 bits per heavy atom. The van der Waals surface area contributed by atoms with E-state index in [9.17, 15) is 32.7 Å². The fourth-order valence-corrected chi connectivity index (χ4v) is 6.11. The van der Waals surface area contributed by atoms with Crippen LogP contribution in [0.2, 0.25) is 0 Å². The van der Waals surface area contributed by atoms with Gasteiger partial charge in [0.25, 0.3) is 5.91 Å². The number of ether oxygens (including phenoxy) is 1. The first kappa shape index (κ1) is 32.1. The van der Waals surface area contributed by atoms with E-state index in [-0.39, 0.29) is 29.3 Å². The van der Waals surface area contributed by atoms with Crippen LogP contribution >= 0.6 is 0 Å². The molecule has 0 saturated heterocycles. The Hall–Kier alpha value is -3.80. The molecule has 2 aromatic rings. The predicted molar refractivity (Wildman–Crippen MR) is 153 cm³/mol. The van der Waals surface area contributed by atoms with E-state index >= 15 is 0 Å². The molecule has 1 unspecified atom stereocenters. The zero-order valence-corrected chi connectivity index (χ0v) is 24.4. The van der Waals surface area contributed by atoms with Crippen molar-refractivity contribution in [2.24, 2.45) is 11.3 Å². The van der Waals surface area contributed by atoms with Crippen LogP contribution in [-0.2, 0) is 11.2 Å². The Morgan fingerprint density at radius 3 is 2.23 bits per heavy atom. The van der Waals surface area contributed by atoms with Gasteiger partial charge in [-0.2, -0.15) is 0 Å². The lowest BCUT2D eigenvalue weighted by Gasteiger charge is -2.43. The third-order valence-corrected chi connectivity index (χ3v) is 8.42. The van der Waals surface area contributed by atoms with E-state index < -0.39 is 30.9 Å². The molecular formula is C31H38F3N3O6. The number of carbonyl (C=O) groups is 3. The van der Waals surface area contributed by atoms with Gasteiger partial charge in [0, 0.05) is 17.3 Å². The minimum atomic E-state index is -4.82. The standard InChI is InChI=1S/C31H38F3N3O6/c1-30(2,3)20-6-10-22(11-7-20)37(29(42)36-21-8-12-23(13-9-21)43-31(32,33)34)25-15-5-18-16-19(4-14-24(18)25)27(39)35-17-26(38)28(40)41/h4,8-9,12-14,16,20,22,25-26,38H,5-7,10-11,15,17H2,1-3H3,(H,35,39)(H,36,42)(H,40,41)/t20-,22-,25?,26-/m1/s1. The molecule has 234 valence electrons. The number of amides is 3. The number of urea groups is 1. The van der Waals surface area contributed by atoms with Crippen molar-refractivity contribution in [1.82, 2.24) is 10.2 Å². The summed E-state index contributed by atoms with van der Waals surface area (Å²) in [7, 11) is 0. The Labute approximate surface area is 248 Å². The van der Waals surface area contributed by atoms with Gasteiger partial charge < -0.3 is 30.5 Å². The second kappa shape index (κ2) is 12.8. The zero-order chi connectivity index (χ0) is 31.5. The molecule has 9 nitrogen and oxygen atoms in total. The molecule has 0 aromatic heterocycles. The average Bonchev–Trinajstić information content (AvgIpc) is 3.34. The average molecular weight is 606 g/mol. The lowest BCUT2D eigenvalue weighted by Crippen LogP contribution is -2.47. The molecule has 0 heterocycles. The number of nitrogens with one attached hydrogen (secondary N) is 2. The van der Waals surface area contributed by atoms with Crippen molar-refractivity contribution in [3.05, 3.63) is 59.2 Å². The number of carboxylic acids is 1. The number of aryl methyl sites for hydroxylation is 1. The van der Waals surface area contributed by atoms with Crippen molar-refractivity contribution in [1.29, 1.82) is 0 Å². The third kappa shape index (κ3) is 8.19. The van der Waals surface area contributed by atoms with Crippen LogP contribution in [0.15, 0.2) is 42.5 Å². The highest BCUT2D eigenvalue weighted by molar-refractivity contribution is 5.95. The van der Waals surface area contributed by atoms with Crippen LogP contribution in [-0.4, -0.2) is 58.1 Å². The molecule has 1 fully saturated rings. The van der Waals surface area contributed by atoms with Crippen molar-refractivity contribution >= 4 is 23.6 Å². The molecule has 12 heteroatoms. The van der Waals surface area contributed by atoms with E-state index in [0.717, 1.165) is 48.9 Å². The summed E-state index contributed by atoms with van der Waals surface area (Å²) >= 11 is 0. The number of aliphatic carboxylic acids is 1. The quantitative estimate of drug-likeness (QED) is 0.297. The normalized spacial score (nSPS) is 21.0. The summed E-state index contributed by atoms with van der Waals surface area (Å²) < 4.78 is 41.7. The maximum Gasteiger partial charge on any atom is 0.573 e. The van der Waals surface area contributed by atoms with E-state index in [1.165, 1.54) is 12.1 Å². The van der Waals surface area contributed by atoms with E-state index in [2.05, 4.69) is 36.1 Å². The molecule has 2 aromatic carbocycles. The number of alkyl halides is 3. The lowest BCUT2D eigenvalue weighted by molar-refractivity contribution is -0.274. The molecule has 3 amide bonds. The van der Waals surface area contributed by atoms with Crippen LogP contribution in [0.1, 0.15) is 80.4 Å².